The van der Waals surface area contributed by atoms with Gasteiger partial charge in [0.05, 0.1) is 29.5 Å². The van der Waals surface area contributed by atoms with Gasteiger partial charge in [0.25, 0.3) is 0 Å². The van der Waals surface area contributed by atoms with Crippen LogP contribution in [0.3, 0.4) is 0 Å². The average molecular weight is 588 g/mol. The van der Waals surface area contributed by atoms with Gasteiger partial charge in [0, 0.05) is 18.2 Å². The molecular weight excluding hydrogens is 557 g/mol. The molecule has 41 heavy (non-hydrogen) atoms. The Balaban J connectivity index is 1.81. The molecule has 4 aromatic rings. The first-order valence-electron chi connectivity index (χ1n) is 13.2. The van der Waals surface area contributed by atoms with Gasteiger partial charge in [0.15, 0.2) is 5.78 Å². The number of carbonyl (C=O) groups is 3. The van der Waals surface area contributed by atoms with Crippen LogP contribution in [0.1, 0.15) is 27.9 Å². The van der Waals surface area contributed by atoms with E-state index < -0.39 is 36.8 Å². The number of likely N-dealkylation sites (tertiary alicyclic amines) is 1. The molecule has 7 nitrogen and oxygen atoms in total. The smallest absolute Gasteiger partial charge is 0.353 e. The Hall–Kier alpha value is -3.81. The summed E-state index contributed by atoms with van der Waals surface area (Å²) in [5.41, 5.74) is -0.0944. The molecule has 0 spiro atoms. The summed E-state index contributed by atoms with van der Waals surface area (Å²) >= 11 is 1.16. The molecule has 9 heteroatoms. The Kier molecular flexibility index (Phi) is 8.38. The monoisotopic (exact) mass is 587 g/mol. The number of thiophene rings is 1. The van der Waals surface area contributed by atoms with Crippen LogP contribution in [0.5, 0.6) is 0 Å². The van der Waals surface area contributed by atoms with Crippen LogP contribution in [-0.4, -0.2) is 55.4 Å². The van der Waals surface area contributed by atoms with E-state index in [4.69, 9.17) is 0 Å². The van der Waals surface area contributed by atoms with Crippen molar-refractivity contribution in [2.75, 3.05) is 0 Å². The normalized spacial score (nSPS) is 17.5. The quantitative estimate of drug-likeness (QED) is 0.149. The molecule has 2 heterocycles. The molecule has 1 saturated heterocycles. The Bertz CT molecular complexity index is 1510. The Morgan fingerprint density at radius 3 is 1.73 bits per heavy atom. The van der Waals surface area contributed by atoms with Crippen molar-refractivity contribution in [3.8, 4) is 0 Å². The summed E-state index contributed by atoms with van der Waals surface area (Å²) in [7, 11) is 0. The zero-order valence-corrected chi connectivity index (χ0v) is 24.0. The fourth-order valence-corrected chi connectivity index (χ4v) is 10.8. The van der Waals surface area contributed by atoms with Gasteiger partial charge in [-0.05, 0) is 35.0 Å². The van der Waals surface area contributed by atoms with E-state index in [-0.39, 0.29) is 24.2 Å². The second-order valence-electron chi connectivity index (χ2n) is 9.90. The number of carbonyl (C=O) groups excluding carboxylic acids is 2. The number of carboxylic acid groups (broad SMARTS) is 1. The summed E-state index contributed by atoms with van der Waals surface area (Å²) in [5, 5.41) is 33.3. The summed E-state index contributed by atoms with van der Waals surface area (Å²) < 4.78 is 0. The number of aliphatic hydroxyl groups is 2. The zero-order chi connectivity index (χ0) is 29.1. The van der Waals surface area contributed by atoms with Crippen LogP contribution in [0.15, 0.2) is 103 Å². The Morgan fingerprint density at radius 1 is 0.854 bits per heavy atom. The van der Waals surface area contributed by atoms with E-state index in [1.165, 1.54) is 11.8 Å². The molecule has 0 saturated carbocycles. The second kappa shape index (κ2) is 12.0. The van der Waals surface area contributed by atoms with Gasteiger partial charge in [-0.1, -0.05) is 91.0 Å². The minimum Gasteiger partial charge on any atom is -0.477 e. The van der Waals surface area contributed by atoms with Crippen LogP contribution in [-0.2, 0) is 16.2 Å². The van der Waals surface area contributed by atoms with E-state index in [0.29, 0.717) is 9.75 Å². The van der Waals surface area contributed by atoms with Crippen molar-refractivity contribution in [3.05, 3.63) is 113 Å². The first kappa shape index (κ1) is 28.7. The topological polar surface area (TPSA) is 115 Å². The molecule has 0 radical (unpaired) electrons. The van der Waals surface area contributed by atoms with Crippen LogP contribution in [0.2, 0.25) is 0 Å². The van der Waals surface area contributed by atoms with E-state index in [2.05, 4.69) is 0 Å². The first-order chi connectivity index (χ1) is 19.8. The molecule has 0 bridgehead atoms. The van der Waals surface area contributed by atoms with E-state index in [1.807, 2.05) is 91.0 Å². The number of β-lactam (4-membered cyclic amide) rings is 1. The van der Waals surface area contributed by atoms with Gasteiger partial charge in [-0.2, -0.15) is 0 Å². The van der Waals surface area contributed by atoms with E-state index in [9.17, 15) is 29.7 Å². The molecule has 3 aromatic carbocycles. The minimum atomic E-state index is -3.19. The average Bonchev–Trinajstić information content (AvgIpc) is 3.48. The Labute approximate surface area is 242 Å². The highest BCUT2D eigenvalue weighted by molar-refractivity contribution is 7.96. The molecule has 1 amide bonds. The van der Waals surface area contributed by atoms with E-state index >= 15 is 0 Å². The van der Waals surface area contributed by atoms with E-state index in [0.717, 1.165) is 27.3 Å². The molecule has 1 aliphatic rings. The Morgan fingerprint density at radius 2 is 1.34 bits per heavy atom. The summed E-state index contributed by atoms with van der Waals surface area (Å²) in [6.07, 6.45) is -1.25. The maximum absolute atomic E-state index is 13.8. The number of benzene rings is 3. The molecule has 0 unspecified atom stereocenters. The highest BCUT2D eigenvalue weighted by atomic mass is 32.1. The molecule has 1 fully saturated rings. The van der Waals surface area contributed by atoms with Crippen molar-refractivity contribution in [3.63, 3.8) is 0 Å². The van der Waals surface area contributed by atoms with Crippen molar-refractivity contribution < 1.29 is 29.7 Å². The summed E-state index contributed by atoms with van der Waals surface area (Å²) in [6, 6.07) is 30.4. The molecule has 3 N–H and O–H groups in total. The third-order valence-electron chi connectivity index (χ3n) is 7.44. The lowest BCUT2D eigenvalue weighted by atomic mass is 9.80. The third kappa shape index (κ3) is 5.09. The molecule has 5 rings (SSSR count). The van der Waals surface area contributed by atoms with Crippen LogP contribution < -0.4 is 15.9 Å². The van der Waals surface area contributed by atoms with Crippen molar-refractivity contribution in [1.29, 1.82) is 0 Å². The van der Waals surface area contributed by atoms with Crippen molar-refractivity contribution in [2.24, 2.45) is 5.92 Å². The fourth-order valence-electron chi connectivity index (χ4n) is 5.65. The maximum atomic E-state index is 13.8. The standard InChI is InChI=1S/C32H30NO6PS/c1-21(35)29-26(19-27(36)28-18-17-25(20-34)41-28)33(30(29)37)31(32(38)39)40(22-11-5-2-6-12-22,23-13-7-3-8-14-23)24-15-9-4-10-16-24/h2-18,21,26,29,34-35H,19-20H2,1H3,(H,38,39)/t21-,26-,29-/m1/s1. The van der Waals surface area contributed by atoms with Crippen LogP contribution in [0.25, 0.3) is 0 Å². The predicted molar refractivity (Wildman–Crippen MR) is 163 cm³/mol. The number of aliphatic hydroxyl groups excluding tert-OH is 2. The van der Waals surface area contributed by atoms with Crippen molar-refractivity contribution >= 4 is 57.2 Å². The number of aliphatic carboxylic acids is 1. The number of Topliss-reactive ketones (excluding diaryl/α,β-unsaturated/α-hetero) is 1. The maximum Gasteiger partial charge on any atom is 0.353 e. The van der Waals surface area contributed by atoms with Crippen LogP contribution >= 0.6 is 18.2 Å². The predicted octanol–water partition coefficient (Wildman–Crippen LogP) is 3.23. The van der Waals surface area contributed by atoms with Crippen LogP contribution in [0, 0.1) is 5.92 Å². The summed E-state index contributed by atoms with van der Waals surface area (Å²) in [5.74, 6) is -3.00. The third-order valence-corrected chi connectivity index (χ3v) is 12.8. The van der Waals surface area contributed by atoms with E-state index in [1.54, 1.807) is 12.1 Å². The summed E-state index contributed by atoms with van der Waals surface area (Å²) in [6.45, 7) is -1.90. The highest BCUT2D eigenvalue weighted by Gasteiger charge is 2.55. The molecular formula is C32H30NO6PS. The van der Waals surface area contributed by atoms with Gasteiger partial charge in [-0.3, -0.25) is 9.59 Å². The fraction of sp³-hybridized carbons (Fsp3) is 0.188. The zero-order valence-electron chi connectivity index (χ0n) is 22.3. The van der Waals surface area contributed by atoms with Crippen molar-refractivity contribution in [2.45, 2.75) is 32.1 Å². The molecule has 1 aliphatic heterocycles. The lowest BCUT2D eigenvalue weighted by molar-refractivity contribution is -0.156. The van der Waals surface area contributed by atoms with Gasteiger partial charge in [0.2, 0.25) is 5.91 Å². The lowest BCUT2D eigenvalue weighted by Gasteiger charge is -2.50. The number of rotatable bonds is 10. The molecule has 1 aromatic heterocycles. The van der Waals surface area contributed by atoms with Gasteiger partial charge < -0.3 is 20.2 Å². The molecule has 3 atom stereocenters. The number of nitrogens with zero attached hydrogens (tertiary/aromatic N) is 1. The van der Waals surface area contributed by atoms with Gasteiger partial charge in [-0.15, -0.1) is 11.3 Å². The SMILES string of the molecule is C[C@@H](O)[C@H]1C(=O)N(C(C(=O)O)=P(c2ccccc2)(c2ccccc2)c2ccccc2)[C@@H]1CC(=O)c1ccc(CO)s1. The minimum absolute atomic E-state index is 0.0944. The lowest BCUT2D eigenvalue weighted by Crippen LogP contribution is -2.68. The number of ketones is 1. The summed E-state index contributed by atoms with van der Waals surface area (Å²) in [4.78, 5) is 43.0. The molecule has 210 valence electrons. The van der Waals surface area contributed by atoms with Crippen LogP contribution in [0.4, 0.5) is 0 Å². The highest BCUT2D eigenvalue weighted by Crippen LogP contribution is 2.49. The van der Waals surface area contributed by atoms with Gasteiger partial charge in [0.1, 0.15) is 5.42 Å². The van der Waals surface area contributed by atoms with Gasteiger partial charge >= 0.3 is 5.97 Å². The van der Waals surface area contributed by atoms with Crippen molar-refractivity contribution in [1.82, 2.24) is 4.90 Å². The largest absolute Gasteiger partial charge is 0.477 e. The van der Waals surface area contributed by atoms with Gasteiger partial charge in [-0.25, -0.2) is 4.79 Å². The molecule has 0 aliphatic carbocycles. The number of carboxylic acids is 1. The number of amides is 1. The number of hydrogen-bond donors (Lipinski definition) is 3. The number of hydrogen-bond acceptors (Lipinski definition) is 6. The first-order valence-corrected chi connectivity index (χ1v) is 15.8. The second-order valence-corrected chi connectivity index (χ2v) is 14.4.